The lowest BCUT2D eigenvalue weighted by Crippen LogP contribution is -2.46. The predicted octanol–water partition coefficient (Wildman–Crippen LogP) is 4.93. The summed E-state index contributed by atoms with van der Waals surface area (Å²) in [4.78, 5) is 15.3. The first-order chi connectivity index (χ1) is 16.5. The Bertz CT molecular complexity index is 1170. The maximum atomic E-state index is 13.5. The fraction of sp³-hybridized carbons (Fsp3) is 0.321. The Labute approximate surface area is 203 Å². The summed E-state index contributed by atoms with van der Waals surface area (Å²) in [5.74, 6) is 0.384. The highest BCUT2D eigenvalue weighted by molar-refractivity contribution is 7.92. The van der Waals surface area contributed by atoms with Gasteiger partial charge in [-0.1, -0.05) is 67.6 Å². The highest BCUT2D eigenvalue weighted by Crippen LogP contribution is 2.26. The molecule has 1 aliphatic heterocycles. The number of aryl methyl sites for hydroxylation is 1. The summed E-state index contributed by atoms with van der Waals surface area (Å²) >= 11 is 0. The Kier molecular flexibility index (Phi) is 7.68. The quantitative estimate of drug-likeness (QED) is 0.463. The Balaban J connectivity index is 1.48. The Morgan fingerprint density at radius 3 is 2.03 bits per heavy atom. The van der Waals surface area contributed by atoms with Crippen molar-refractivity contribution in [1.29, 1.82) is 0 Å². The molecule has 34 heavy (non-hydrogen) atoms. The van der Waals surface area contributed by atoms with Crippen LogP contribution in [0.1, 0.15) is 30.9 Å². The number of benzene rings is 3. The van der Waals surface area contributed by atoms with Crippen LogP contribution in [0.2, 0.25) is 0 Å². The van der Waals surface area contributed by atoms with Gasteiger partial charge in [0.25, 0.3) is 10.0 Å². The van der Waals surface area contributed by atoms with Crippen molar-refractivity contribution in [3.63, 3.8) is 0 Å². The largest absolute Gasteiger partial charge is 0.341 e. The van der Waals surface area contributed by atoms with E-state index in [0.717, 1.165) is 31.2 Å². The van der Waals surface area contributed by atoms with Gasteiger partial charge in [-0.15, -0.1) is 0 Å². The summed E-state index contributed by atoms with van der Waals surface area (Å²) in [7, 11) is -3.87. The number of likely N-dealkylation sites (tertiary alicyclic amines) is 1. The summed E-state index contributed by atoms with van der Waals surface area (Å²) in [6.07, 6.45) is 3.73. The molecular weight excluding hydrogens is 444 g/mol. The van der Waals surface area contributed by atoms with E-state index in [9.17, 15) is 13.2 Å². The molecule has 0 unspecified atom stereocenters. The third-order valence-electron chi connectivity index (χ3n) is 6.58. The van der Waals surface area contributed by atoms with Gasteiger partial charge in [0, 0.05) is 13.1 Å². The molecular formula is C28H32N2O3S. The van der Waals surface area contributed by atoms with Crippen molar-refractivity contribution in [2.75, 3.05) is 23.9 Å². The zero-order valence-electron chi connectivity index (χ0n) is 19.6. The number of carbonyl (C=O) groups excluding carboxylic acids is 1. The molecule has 3 aromatic rings. The molecule has 0 aromatic heterocycles. The monoisotopic (exact) mass is 476 g/mol. The fourth-order valence-electron chi connectivity index (χ4n) is 4.49. The van der Waals surface area contributed by atoms with E-state index in [1.165, 1.54) is 9.87 Å². The van der Waals surface area contributed by atoms with Gasteiger partial charge in [0.05, 0.1) is 10.6 Å². The predicted molar refractivity (Wildman–Crippen MR) is 136 cm³/mol. The smallest absolute Gasteiger partial charge is 0.264 e. The molecule has 1 saturated heterocycles. The molecule has 0 aliphatic carbocycles. The van der Waals surface area contributed by atoms with Crippen molar-refractivity contribution in [3.05, 3.63) is 96.1 Å². The van der Waals surface area contributed by atoms with Crippen molar-refractivity contribution >= 4 is 21.6 Å². The molecule has 0 bridgehead atoms. The van der Waals surface area contributed by atoms with Crippen molar-refractivity contribution in [1.82, 2.24) is 4.90 Å². The second-order valence-corrected chi connectivity index (χ2v) is 10.7. The number of amides is 1. The maximum Gasteiger partial charge on any atom is 0.264 e. The SMILES string of the molecule is CCc1ccc(N(CC(=O)N2CCC(Cc3ccccc3)CC2)S(=O)(=O)c2ccccc2)cc1. The average Bonchev–Trinajstić information content (AvgIpc) is 2.89. The van der Waals surface area contributed by atoms with E-state index in [1.54, 1.807) is 42.5 Å². The van der Waals surface area contributed by atoms with Crippen molar-refractivity contribution in [2.24, 2.45) is 5.92 Å². The number of nitrogens with zero attached hydrogens (tertiary/aromatic N) is 2. The first kappa shape index (κ1) is 24.0. The number of hydrogen-bond donors (Lipinski definition) is 0. The van der Waals surface area contributed by atoms with E-state index in [2.05, 4.69) is 31.2 Å². The van der Waals surface area contributed by atoms with Crippen LogP contribution in [0.15, 0.2) is 89.8 Å². The highest BCUT2D eigenvalue weighted by atomic mass is 32.2. The van der Waals surface area contributed by atoms with Crippen LogP contribution in [0.5, 0.6) is 0 Å². The van der Waals surface area contributed by atoms with E-state index >= 15 is 0 Å². The number of sulfonamides is 1. The zero-order chi connectivity index (χ0) is 24.0. The van der Waals surface area contributed by atoms with Crippen LogP contribution in [-0.2, 0) is 27.7 Å². The summed E-state index contributed by atoms with van der Waals surface area (Å²) in [5, 5.41) is 0. The minimum atomic E-state index is -3.87. The van der Waals surface area contributed by atoms with Gasteiger partial charge in [0.1, 0.15) is 6.54 Å². The number of rotatable bonds is 8. The van der Waals surface area contributed by atoms with Gasteiger partial charge in [-0.25, -0.2) is 8.42 Å². The van der Waals surface area contributed by atoms with Gasteiger partial charge in [-0.2, -0.15) is 0 Å². The van der Waals surface area contributed by atoms with Crippen LogP contribution in [0.25, 0.3) is 0 Å². The normalized spacial score (nSPS) is 14.7. The van der Waals surface area contributed by atoms with Crippen molar-refractivity contribution in [3.8, 4) is 0 Å². The lowest BCUT2D eigenvalue weighted by Gasteiger charge is -2.34. The van der Waals surface area contributed by atoms with Crippen LogP contribution in [0.3, 0.4) is 0 Å². The second-order valence-electron chi connectivity index (χ2n) is 8.86. The first-order valence-electron chi connectivity index (χ1n) is 12.0. The standard InChI is InChI=1S/C28H32N2O3S/c1-2-23-13-15-26(16-14-23)30(34(32,33)27-11-7-4-8-12-27)22-28(31)29-19-17-25(18-20-29)21-24-9-5-3-6-10-24/h3-16,25H,2,17-22H2,1H3. The minimum Gasteiger partial charge on any atom is -0.341 e. The van der Waals surface area contributed by atoms with Gasteiger partial charge in [-0.3, -0.25) is 9.10 Å². The molecule has 1 aliphatic rings. The van der Waals surface area contributed by atoms with Crippen molar-refractivity contribution in [2.45, 2.75) is 37.5 Å². The Morgan fingerprint density at radius 1 is 0.853 bits per heavy atom. The molecule has 0 spiro atoms. The molecule has 5 nitrogen and oxygen atoms in total. The topological polar surface area (TPSA) is 57.7 Å². The summed E-state index contributed by atoms with van der Waals surface area (Å²) in [6.45, 7) is 3.17. The minimum absolute atomic E-state index is 0.155. The molecule has 4 rings (SSSR count). The van der Waals surface area contributed by atoms with E-state index < -0.39 is 10.0 Å². The molecule has 178 valence electrons. The third kappa shape index (κ3) is 5.68. The average molecular weight is 477 g/mol. The Morgan fingerprint density at radius 2 is 1.44 bits per heavy atom. The van der Waals surface area contributed by atoms with E-state index in [0.29, 0.717) is 24.7 Å². The highest BCUT2D eigenvalue weighted by Gasteiger charge is 2.30. The molecule has 1 heterocycles. The molecule has 0 saturated carbocycles. The van der Waals surface area contributed by atoms with Crippen LogP contribution >= 0.6 is 0 Å². The molecule has 1 fully saturated rings. The van der Waals surface area contributed by atoms with Crippen molar-refractivity contribution < 1.29 is 13.2 Å². The van der Waals surface area contributed by atoms with Gasteiger partial charge in [0.2, 0.25) is 5.91 Å². The third-order valence-corrected chi connectivity index (χ3v) is 8.37. The molecule has 0 N–H and O–H groups in total. The number of piperidine rings is 1. The summed E-state index contributed by atoms with van der Waals surface area (Å²) < 4.78 is 28.3. The first-order valence-corrected chi connectivity index (χ1v) is 13.4. The van der Waals surface area contributed by atoms with E-state index in [1.807, 2.05) is 23.1 Å². The van der Waals surface area contributed by atoms with Gasteiger partial charge >= 0.3 is 0 Å². The second kappa shape index (κ2) is 10.9. The molecule has 3 aromatic carbocycles. The molecule has 0 radical (unpaired) electrons. The number of anilines is 1. The van der Waals surface area contributed by atoms with E-state index in [-0.39, 0.29) is 17.3 Å². The molecule has 6 heteroatoms. The van der Waals surface area contributed by atoms with Crippen LogP contribution in [0, 0.1) is 5.92 Å². The lowest BCUT2D eigenvalue weighted by atomic mass is 9.90. The molecule has 0 atom stereocenters. The van der Waals surface area contributed by atoms with Gasteiger partial charge in [-0.05, 0) is 67.0 Å². The molecule has 1 amide bonds. The number of carbonyl (C=O) groups is 1. The van der Waals surface area contributed by atoms with Gasteiger partial charge < -0.3 is 4.90 Å². The maximum absolute atomic E-state index is 13.5. The fourth-order valence-corrected chi connectivity index (χ4v) is 5.92. The Hall–Kier alpha value is -3.12. The van der Waals surface area contributed by atoms with Gasteiger partial charge in [0.15, 0.2) is 0 Å². The summed E-state index contributed by atoms with van der Waals surface area (Å²) in [6, 6.07) is 26.2. The van der Waals surface area contributed by atoms with E-state index in [4.69, 9.17) is 0 Å². The van der Waals surface area contributed by atoms with Crippen LogP contribution < -0.4 is 4.31 Å². The zero-order valence-corrected chi connectivity index (χ0v) is 20.5. The van der Waals surface area contributed by atoms with Crippen LogP contribution in [-0.4, -0.2) is 38.9 Å². The number of hydrogen-bond acceptors (Lipinski definition) is 3. The lowest BCUT2D eigenvalue weighted by molar-refractivity contribution is -0.130. The summed E-state index contributed by atoms with van der Waals surface area (Å²) in [5.41, 5.74) is 2.95. The van der Waals surface area contributed by atoms with Crippen LogP contribution in [0.4, 0.5) is 5.69 Å².